The third-order valence-electron chi connectivity index (χ3n) is 3.70. The molecule has 0 bridgehead atoms. The molecule has 20 heavy (non-hydrogen) atoms. The Hall–Kier alpha value is -0.830. The topological polar surface area (TPSA) is 35.3 Å². The highest BCUT2D eigenvalue weighted by atomic mass is 16.5. The van der Waals surface area contributed by atoms with E-state index in [1.807, 2.05) is 0 Å². The molecule has 1 aromatic rings. The van der Waals surface area contributed by atoms with Crippen LogP contribution in [0, 0.1) is 0 Å². The lowest BCUT2D eigenvalue weighted by molar-refractivity contribution is 0.0175. The number of rotatable bonds is 13. The summed E-state index contributed by atoms with van der Waals surface area (Å²) in [5.74, 6) is 0.830. The minimum absolute atomic E-state index is 0.383. The van der Waals surface area contributed by atoms with Crippen LogP contribution in [0.3, 0.4) is 0 Å². The molecule has 0 aliphatic heterocycles. The van der Waals surface area contributed by atoms with Gasteiger partial charge in [-0.1, -0.05) is 65.2 Å². The van der Waals surface area contributed by atoms with E-state index < -0.39 is 0 Å². The Morgan fingerprint density at radius 2 is 1.65 bits per heavy atom. The summed E-state index contributed by atoms with van der Waals surface area (Å²) in [5, 5.41) is 0. The van der Waals surface area contributed by atoms with Gasteiger partial charge in [-0.05, 0) is 12.8 Å². The Balaban J connectivity index is 2.19. The van der Waals surface area contributed by atoms with Crippen LogP contribution in [0.4, 0.5) is 0 Å². The molecular weight excluding hydrogens is 250 g/mol. The predicted octanol–water partition coefficient (Wildman–Crippen LogP) is 5.50. The summed E-state index contributed by atoms with van der Waals surface area (Å²) in [4.78, 5) is 3.92. The Bertz CT molecular complexity index is 298. The van der Waals surface area contributed by atoms with Gasteiger partial charge in [0.25, 0.3) is 0 Å². The molecule has 0 aliphatic rings. The molecule has 0 spiro atoms. The SMILES string of the molecule is CCCCCCC[C@@H](CCCCC)OCc1cnco1. The van der Waals surface area contributed by atoms with E-state index in [0.29, 0.717) is 12.7 Å². The fourth-order valence-corrected chi connectivity index (χ4v) is 2.42. The third-order valence-corrected chi connectivity index (χ3v) is 3.70. The molecule has 0 fully saturated rings. The lowest BCUT2D eigenvalue weighted by Gasteiger charge is -2.17. The second-order valence-corrected chi connectivity index (χ2v) is 5.60. The summed E-state index contributed by atoms with van der Waals surface area (Å²) in [7, 11) is 0. The van der Waals surface area contributed by atoms with Crippen LogP contribution in [-0.2, 0) is 11.3 Å². The van der Waals surface area contributed by atoms with Gasteiger partial charge >= 0.3 is 0 Å². The number of hydrogen-bond donors (Lipinski definition) is 0. The average Bonchev–Trinajstić information content (AvgIpc) is 2.97. The van der Waals surface area contributed by atoms with Crippen LogP contribution in [0.2, 0.25) is 0 Å². The van der Waals surface area contributed by atoms with Gasteiger partial charge in [0, 0.05) is 0 Å². The third kappa shape index (κ3) is 8.36. The maximum Gasteiger partial charge on any atom is 0.180 e. The Kier molecular flexibility index (Phi) is 10.3. The summed E-state index contributed by atoms with van der Waals surface area (Å²) in [6, 6.07) is 0. The number of oxazole rings is 1. The van der Waals surface area contributed by atoms with Crippen molar-refractivity contribution in [1.29, 1.82) is 0 Å². The minimum atomic E-state index is 0.383. The number of nitrogens with zero attached hydrogens (tertiary/aromatic N) is 1. The largest absolute Gasteiger partial charge is 0.446 e. The molecule has 0 amide bonds. The van der Waals surface area contributed by atoms with Gasteiger partial charge in [-0.15, -0.1) is 0 Å². The molecular formula is C17H31NO2. The van der Waals surface area contributed by atoms with E-state index in [1.54, 1.807) is 6.20 Å². The van der Waals surface area contributed by atoms with Crippen LogP contribution in [0.25, 0.3) is 0 Å². The van der Waals surface area contributed by atoms with Crippen LogP contribution < -0.4 is 0 Å². The predicted molar refractivity (Wildman–Crippen MR) is 82.6 cm³/mol. The zero-order chi connectivity index (χ0) is 14.5. The quantitative estimate of drug-likeness (QED) is 0.448. The minimum Gasteiger partial charge on any atom is -0.446 e. The van der Waals surface area contributed by atoms with Crippen molar-refractivity contribution in [2.24, 2.45) is 0 Å². The standard InChI is InChI=1S/C17H31NO2/c1-3-5-7-8-10-12-16(11-9-6-4-2)19-14-17-13-18-15-20-17/h13,15-16H,3-12,14H2,1-2H3/t16-/m1/s1. The molecule has 1 aromatic heterocycles. The summed E-state index contributed by atoms with van der Waals surface area (Å²) < 4.78 is 11.2. The van der Waals surface area contributed by atoms with Gasteiger partial charge in [-0.3, -0.25) is 0 Å². The highest BCUT2D eigenvalue weighted by Crippen LogP contribution is 2.17. The molecule has 0 saturated heterocycles. The number of unbranched alkanes of at least 4 members (excludes halogenated alkanes) is 6. The first-order valence-electron chi connectivity index (χ1n) is 8.35. The maximum atomic E-state index is 6.01. The highest BCUT2D eigenvalue weighted by molar-refractivity contribution is 4.85. The zero-order valence-electron chi connectivity index (χ0n) is 13.3. The second-order valence-electron chi connectivity index (χ2n) is 5.60. The monoisotopic (exact) mass is 281 g/mol. The van der Waals surface area contributed by atoms with Gasteiger partial charge in [0.15, 0.2) is 6.39 Å². The van der Waals surface area contributed by atoms with Crippen molar-refractivity contribution in [2.45, 2.75) is 90.8 Å². The van der Waals surface area contributed by atoms with Gasteiger partial charge in [0.1, 0.15) is 12.4 Å². The smallest absolute Gasteiger partial charge is 0.180 e. The van der Waals surface area contributed by atoms with Crippen molar-refractivity contribution in [1.82, 2.24) is 4.98 Å². The van der Waals surface area contributed by atoms with Gasteiger partial charge in [0.2, 0.25) is 0 Å². The molecule has 1 atom stereocenters. The van der Waals surface area contributed by atoms with Crippen molar-refractivity contribution >= 4 is 0 Å². The second kappa shape index (κ2) is 12.0. The average molecular weight is 281 g/mol. The fourth-order valence-electron chi connectivity index (χ4n) is 2.42. The Morgan fingerprint density at radius 3 is 2.30 bits per heavy atom. The van der Waals surface area contributed by atoms with Crippen LogP contribution in [0.5, 0.6) is 0 Å². The lowest BCUT2D eigenvalue weighted by Crippen LogP contribution is -2.13. The van der Waals surface area contributed by atoms with Crippen LogP contribution in [0.1, 0.15) is 83.8 Å². The fraction of sp³-hybridized carbons (Fsp3) is 0.824. The van der Waals surface area contributed by atoms with Gasteiger partial charge in [-0.25, -0.2) is 4.98 Å². The van der Waals surface area contributed by atoms with Crippen molar-refractivity contribution in [3.63, 3.8) is 0 Å². The first kappa shape index (κ1) is 17.2. The Labute approximate surface area is 124 Å². The summed E-state index contributed by atoms with van der Waals surface area (Å²) in [5.41, 5.74) is 0. The summed E-state index contributed by atoms with van der Waals surface area (Å²) in [6.45, 7) is 5.06. The van der Waals surface area contributed by atoms with E-state index in [-0.39, 0.29) is 0 Å². The highest BCUT2D eigenvalue weighted by Gasteiger charge is 2.10. The zero-order valence-corrected chi connectivity index (χ0v) is 13.3. The molecule has 0 radical (unpaired) electrons. The van der Waals surface area contributed by atoms with E-state index in [4.69, 9.17) is 9.15 Å². The van der Waals surface area contributed by atoms with E-state index in [9.17, 15) is 0 Å². The van der Waals surface area contributed by atoms with Crippen LogP contribution in [-0.4, -0.2) is 11.1 Å². The van der Waals surface area contributed by atoms with Gasteiger partial charge in [-0.2, -0.15) is 0 Å². The molecule has 1 heterocycles. The van der Waals surface area contributed by atoms with Crippen molar-refractivity contribution in [3.05, 3.63) is 18.4 Å². The Morgan fingerprint density at radius 1 is 1.00 bits per heavy atom. The van der Waals surface area contributed by atoms with Gasteiger partial charge in [0.05, 0.1) is 12.3 Å². The normalized spacial score (nSPS) is 12.7. The molecule has 3 heteroatoms. The number of aromatic nitrogens is 1. The van der Waals surface area contributed by atoms with Crippen molar-refractivity contribution in [3.8, 4) is 0 Å². The molecule has 0 unspecified atom stereocenters. The number of ether oxygens (including phenoxy) is 1. The van der Waals surface area contributed by atoms with E-state index in [2.05, 4.69) is 18.8 Å². The molecule has 116 valence electrons. The summed E-state index contributed by atoms with van der Waals surface area (Å²) >= 11 is 0. The van der Waals surface area contributed by atoms with E-state index in [1.165, 1.54) is 70.6 Å². The summed E-state index contributed by atoms with van der Waals surface area (Å²) in [6.07, 6.45) is 16.4. The van der Waals surface area contributed by atoms with E-state index in [0.717, 1.165) is 5.76 Å². The molecule has 1 rings (SSSR count). The molecule has 3 nitrogen and oxygen atoms in total. The maximum absolute atomic E-state index is 6.01. The van der Waals surface area contributed by atoms with Crippen LogP contribution >= 0.6 is 0 Å². The van der Waals surface area contributed by atoms with Crippen molar-refractivity contribution in [2.75, 3.05) is 0 Å². The molecule has 0 aliphatic carbocycles. The molecule has 0 aromatic carbocycles. The lowest BCUT2D eigenvalue weighted by atomic mass is 10.0. The molecule has 0 saturated carbocycles. The first-order valence-corrected chi connectivity index (χ1v) is 8.35. The van der Waals surface area contributed by atoms with Crippen molar-refractivity contribution < 1.29 is 9.15 Å². The van der Waals surface area contributed by atoms with Gasteiger partial charge < -0.3 is 9.15 Å². The van der Waals surface area contributed by atoms with Crippen LogP contribution in [0.15, 0.2) is 17.0 Å². The number of hydrogen-bond acceptors (Lipinski definition) is 3. The van der Waals surface area contributed by atoms with E-state index >= 15 is 0 Å². The molecule has 0 N–H and O–H groups in total. The first-order chi connectivity index (χ1) is 9.86.